The summed E-state index contributed by atoms with van der Waals surface area (Å²) in [7, 11) is -2.32. The van der Waals surface area contributed by atoms with Gasteiger partial charge in [-0.2, -0.15) is 0 Å². The summed E-state index contributed by atoms with van der Waals surface area (Å²) >= 11 is 0. The van der Waals surface area contributed by atoms with Gasteiger partial charge < -0.3 is 10.5 Å². The van der Waals surface area contributed by atoms with Crippen molar-refractivity contribution in [3.05, 3.63) is 29.3 Å². The van der Waals surface area contributed by atoms with Gasteiger partial charge in [-0.1, -0.05) is 0 Å². The summed E-state index contributed by atoms with van der Waals surface area (Å²) < 4.78 is 54.3. The molecule has 108 valence electrons. The molecule has 0 aliphatic carbocycles. The van der Waals surface area contributed by atoms with Crippen LogP contribution in [0, 0.1) is 11.6 Å². The van der Waals surface area contributed by atoms with Gasteiger partial charge in [0.15, 0.2) is 9.84 Å². The third-order valence-corrected chi connectivity index (χ3v) is 5.47. The van der Waals surface area contributed by atoms with Crippen molar-refractivity contribution in [2.24, 2.45) is 5.73 Å². The fraction of sp³-hybridized carbons (Fsp3) is 0.500. The summed E-state index contributed by atoms with van der Waals surface area (Å²) in [6.07, 6.45) is 0.978. The van der Waals surface area contributed by atoms with Crippen LogP contribution in [0.25, 0.3) is 0 Å². The number of methoxy groups -OCH3 is 1. The molecule has 19 heavy (non-hydrogen) atoms. The molecule has 0 saturated carbocycles. The Bertz CT molecular complexity index is 562. The molecule has 0 aliphatic rings. The van der Waals surface area contributed by atoms with Gasteiger partial charge in [0.05, 0.1) is 17.9 Å². The third-order valence-electron chi connectivity index (χ3n) is 3.30. The maximum absolute atomic E-state index is 13.9. The largest absolute Gasteiger partial charge is 0.497 e. The summed E-state index contributed by atoms with van der Waals surface area (Å²) in [5, 5.41) is 0. The maximum atomic E-state index is 13.9. The van der Waals surface area contributed by atoms with Crippen LogP contribution in [0.3, 0.4) is 0 Å². The molecule has 0 heterocycles. The highest BCUT2D eigenvalue weighted by molar-refractivity contribution is 7.92. The Morgan fingerprint density at radius 2 is 1.68 bits per heavy atom. The van der Waals surface area contributed by atoms with E-state index in [2.05, 4.69) is 0 Å². The first kappa shape index (κ1) is 15.8. The van der Waals surface area contributed by atoms with E-state index in [0.29, 0.717) is 0 Å². The summed E-state index contributed by atoms with van der Waals surface area (Å²) in [6, 6.07) is 0.612. The van der Waals surface area contributed by atoms with Crippen LogP contribution in [0.5, 0.6) is 5.75 Å². The summed E-state index contributed by atoms with van der Waals surface area (Å²) in [5.41, 5.74) is 5.29. The fourth-order valence-electron chi connectivity index (χ4n) is 1.55. The van der Waals surface area contributed by atoms with Gasteiger partial charge in [-0.25, -0.2) is 17.2 Å². The minimum atomic E-state index is -3.59. The van der Waals surface area contributed by atoms with Crippen molar-refractivity contribution in [3.8, 4) is 5.75 Å². The van der Waals surface area contributed by atoms with Crippen molar-refractivity contribution < 1.29 is 21.9 Å². The summed E-state index contributed by atoms with van der Waals surface area (Å²) in [4.78, 5) is 0. The number of benzene rings is 1. The molecule has 1 aromatic carbocycles. The monoisotopic (exact) mass is 293 g/mol. The normalized spacial score (nSPS) is 14.3. The van der Waals surface area contributed by atoms with E-state index in [1.165, 1.54) is 21.0 Å². The first-order valence-corrected chi connectivity index (χ1v) is 7.39. The lowest BCUT2D eigenvalue weighted by Crippen LogP contribution is -2.43. The van der Waals surface area contributed by atoms with Crippen LogP contribution in [-0.4, -0.2) is 26.5 Å². The topological polar surface area (TPSA) is 69.4 Å². The van der Waals surface area contributed by atoms with E-state index < -0.39 is 37.8 Å². The molecular formula is C12H17F2NO3S. The minimum absolute atomic E-state index is 0.00288. The lowest BCUT2D eigenvalue weighted by molar-refractivity contribution is 0.400. The Morgan fingerprint density at radius 3 is 2.00 bits per heavy atom. The molecule has 0 bridgehead atoms. The van der Waals surface area contributed by atoms with Gasteiger partial charge in [0, 0.05) is 24.0 Å². The van der Waals surface area contributed by atoms with Crippen LogP contribution in [-0.2, 0) is 9.84 Å². The van der Waals surface area contributed by atoms with E-state index >= 15 is 0 Å². The Morgan fingerprint density at radius 1 is 1.26 bits per heavy atom. The van der Waals surface area contributed by atoms with Crippen LogP contribution in [0.15, 0.2) is 12.1 Å². The van der Waals surface area contributed by atoms with Gasteiger partial charge in [-0.3, -0.25) is 0 Å². The molecule has 0 amide bonds. The third kappa shape index (κ3) is 2.87. The van der Waals surface area contributed by atoms with E-state index in [9.17, 15) is 17.2 Å². The van der Waals surface area contributed by atoms with Gasteiger partial charge in [-0.05, 0) is 13.8 Å². The van der Waals surface area contributed by atoms with Gasteiger partial charge in [-0.15, -0.1) is 0 Å². The van der Waals surface area contributed by atoms with Gasteiger partial charge in [0.2, 0.25) is 0 Å². The van der Waals surface area contributed by atoms with Gasteiger partial charge >= 0.3 is 0 Å². The minimum Gasteiger partial charge on any atom is -0.497 e. The van der Waals surface area contributed by atoms with Crippen molar-refractivity contribution in [3.63, 3.8) is 0 Å². The Kier molecular flexibility index (Phi) is 4.21. The molecule has 1 unspecified atom stereocenters. The van der Waals surface area contributed by atoms with Crippen molar-refractivity contribution in [1.29, 1.82) is 0 Å². The molecule has 7 heteroatoms. The second-order valence-corrected chi connectivity index (χ2v) is 7.45. The van der Waals surface area contributed by atoms with E-state index in [1.807, 2.05) is 0 Å². The molecule has 0 fully saturated rings. The number of halogens is 2. The van der Waals surface area contributed by atoms with E-state index in [4.69, 9.17) is 10.5 Å². The predicted molar refractivity (Wildman–Crippen MR) is 68.8 cm³/mol. The Hall–Kier alpha value is -1.21. The van der Waals surface area contributed by atoms with Crippen molar-refractivity contribution in [1.82, 2.24) is 0 Å². The molecule has 1 rings (SSSR count). The van der Waals surface area contributed by atoms with Crippen LogP contribution in [0.1, 0.15) is 25.5 Å². The Balaban J connectivity index is 3.40. The molecular weight excluding hydrogens is 276 g/mol. The second kappa shape index (κ2) is 5.05. The second-order valence-electron chi connectivity index (χ2n) is 4.86. The average molecular weight is 293 g/mol. The van der Waals surface area contributed by atoms with E-state index in [-0.39, 0.29) is 5.75 Å². The summed E-state index contributed by atoms with van der Waals surface area (Å²) in [6.45, 7) is 2.66. The number of ether oxygens (including phenoxy) is 1. The zero-order valence-corrected chi connectivity index (χ0v) is 12.0. The molecule has 2 N–H and O–H groups in total. The first-order valence-electron chi connectivity index (χ1n) is 5.50. The van der Waals surface area contributed by atoms with Gasteiger partial charge in [0.25, 0.3) is 0 Å². The van der Waals surface area contributed by atoms with Crippen molar-refractivity contribution >= 4 is 9.84 Å². The predicted octanol–water partition coefficient (Wildman–Crippen LogP) is 1.80. The van der Waals surface area contributed by atoms with Crippen LogP contribution in [0.4, 0.5) is 8.78 Å². The standard InChI is InChI=1S/C12H17F2NO3S/c1-12(2,19(4,16)17)11(15)10-8(13)5-7(18-3)6-9(10)14/h5-6,11H,15H2,1-4H3. The zero-order chi connectivity index (χ0) is 15.0. The zero-order valence-electron chi connectivity index (χ0n) is 11.2. The number of sulfone groups is 1. The van der Waals surface area contributed by atoms with E-state index in [1.54, 1.807) is 0 Å². The smallest absolute Gasteiger partial charge is 0.154 e. The van der Waals surface area contributed by atoms with E-state index in [0.717, 1.165) is 18.4 Å². The van der Waals surface area contributed by atoms with Crippen molar-refractivity contribution in [2.75, 3.05) is 13.4 Å². The molecule has 0 aromatic heterocycles. The molecule has 0 saturated heterocycles. The van der Waals surface area contributed by atoms with Crippen LogP contribution in [0.2, 0.25) is 0 Å². The first-order chi connectivity index (χ1) is 8.52. The molecule has 0 spiro atoms. The molecule has 1 aromatic rings. The molecule has 0 radical (unpaired) electrons. The Labute approximate surface area is 111 Å². The summed E-state index contributed by atoms with van der Waals surface area (Å²) in [5.74, 6) is -1.86. The fourth-order valence-corrected chi connectivity index (χ4v) is 2.13. The highest BCUT2D eigenvalue weighted by Crippen LogP contribution is 2.34. The highest BCUT2D eigenvalue weighted by atomic mass is 32.2. The SMILES string of the molecule is COc1cc(F)c(C(N)C(C)(C)S(C)(=O)=O)c(F)c1. The molecule has 1 atom stereocenters. The highest BCUT2D eigenvalue weighted by Gasteiger charge is 2.40. The lowest BCUT2D eigenvalue weighted by Gasteiger charge is -2.30. The number of hydrogen-bond donors (Lipinski definition) is 1. The number of rotatable bonds is 4. The molecule has 4 nitrogen and oxygen atoms in total. The average Bonchev–Trinajstić information content (AvgIpc) is 2.25. The maximum Gasteiger partial charge on any atom is 0.154 e. The molecule has 0 aliphatic heterocycles. The van der Waals surface area contributed by atoms with Gasteiger partial charge in [0.1, 0.15) is 17.4 Å². The number of nitrogens with two attached hydrogens (primary N) is 1. The van der Waals surface area contributed by atoms with Crippen molar-refractivity contribution in [2.45, 2.75) is 24.6 Å². The quantitative estimate of drug-likeness (QED) is 0.919. The van der Waals surface area contributed by atoms with Crippen LogP contribution >= 0.6 is 0 Å². The number of hydrogen-bond acceptors (Lipinski definition) is 4. The van der Waals surface area contributed by atoms with Crippen LogP contribution < -0.4 is 10.5 Å². The lowest BCUT2D eigenvalue weighted by atomic mass is 9.95.